The molecule has 0 aliphatic heterocycles. The average Bonchev–Trinajstić information content (AvgIpc) is 2.50. The first-order valence-electron chi connectivity index (χ1n) is 7.17. The summed E-state index contributed by atoms with van der Waals surface area (Å²) >= 11 is 0. The van der Waals surface area contributed by atoms with Crippen LogP contribution in [0.15, 0.2) is 48.7 Å². The molecule has 0 saturated heterocycles. The van der Waals surface area contributed by atoms with Crippen molar-refractivity contribution in [3.8, 4) is 5.88 Å². The monoisotopic (exact) mass is 270 g/mol. The lowest BCUT2D eigenvalue weighted by Crippen LogP contribution is -2.14. The van der Waals surface area contributed by atoms with E-state index in [0.717, 1.165) is 25.1 Å². The van der Waals surface area contributed by atoms with Crippen LogP contribution in [0.1, 0.15) is 37.5 Å². The Balaban J connectivity index is 1.90. The van der Waals surface area contributed by atoms with Crippen molar-refractivity contribution >= 4 is 0 Å². The smallest absolute Gasteiger partial charge is 0.213 e. The molecule has 1 N–H and O–H groups in total. The largest absolute Gasteiger partial charge is 0.470 e. The zero-order valence-corrected chi connectivity index (χ0v) is 12.2. The molecule has 0 spiro atoms. The van der Waals surface area contributed by atoms with Crippen molar-refractivity contribution in [3.63, 3.8) is 0 Å². The van der Waals surface area contributed by atoms with Gasteiger partial charge in [0.2, 0.25) is 5.88 Å². The van der Waals surface area contributed by atoms with Crippen molar-refractivity contribution in [2.45, 2.75) is 32.9 Å². The predicted molar refractivity (Wildman–Crippen MR) is 81.7 cm³/mol. The third-order valence-electron chi connectivity index (χ3n) is 3.12. The number of nitrogens with one attached hydrogen (secondary N) is 1. The standard InChI is InChI=1S/C17H22N2O/c1-3-11-18-12-15-9-10-17(19-13-15)20-14(2)16-7-5-4-6-8-16/h4-10,13-14,18H,3,11-12H2,1-2H3. The first-order chi connectivity index (χ1) is 9.79. The second-order valence-corrected chi connectivity index (χ2v) is 4.85. The van der Waals surface area contributed by atoms with Crippen LogP contribution < -0.4 is 10.1 Å². The van der Waals surface area contributed by atoms with Crippen LogP contribution in [0.25, 0.3) is 0 Å². The van der Waals surface area contributed by atoms with Crippen molar-refractivity contribution in [2.24, 2.45) is 0 Å². The minimum atomic E-state index is 0.00719. The summed E-state index contributed by atoms with van der Waals surface area (Å²) in [4.78, 5) is 4.36. The summed E-state index contributed by atoms with van der Waals surface area (Å²) < 4.78 is 5.85. The Kier molecular flexibility index (Phi) is 5.56. The molecule has 1 heterocycles. The molecule has 20 heavy (non-hydrogen) atoms. The Hall–Kier alpha value is -1.87. The van der Waals surface area contributed by atoms with Gasteiger partial charge in [0, 0.05) is 18.8 Å². The Morgan fingerprint density at radius 3 is 2.60 bits per heavy atom. The quantitative estimate of drug-likeness (QED) is 0.779. The lowest BCUT2D eigenvalue weighted by atomic mass is 10.1. The number of aromatic nitrogens is 1. The maximum absolute atomic E-state index is 5.85. The van der Waals surface area contributed by atoms with E-state index in [4.69, 9.17) is 4.74 Å². The van der Waals surface area contributed by atoms with E-state index in [9.17, 15) is 0 Å². The van der Waals surface area contributed by atoms with Crippen LogP contribution in [-0.2, 0) is 6.54 Å². The molecule has 2 aromatic rings. The molecule has 1 unspecified atom stereocenters. The van der Waals surface area contributed by atoms with Gasteiger partial charge in [0.25, 0.3) is 0 Å². The van der Waals surface area contributed by atoms with Crippen LogP contribution in [0.5, 0.6) is 5.88 Å². The summed E-state index contributed by atoms with van der Waals surface area (Å²) in [5.74, 6) is 0.667. The Bertz CT molecular complexity index is 496. The molecule has 0 aliphatic rings. The fourth-order valence-electron chi connectivity index (χ4n) is 1.97. The summed E-state index contributed by atoms with van der Waals surface area (Å²) in [7, 11) is 0. The molecule has 2 rings (SSSR count). The molecule has 106 valence electrons. The number of rotatable bonds is 7. The van der Waals surface area contributed by atoms with E-state index in [2.05, 4.69) is 35.4 Å². The highest BCUT2D eigenvalue weighted by molar-refractivity contribution is 5.21. The number of benzene rings is 1. The van der Waals surface area contributed by atoms with Gasteiger partial charge < -0.3 is 10.1 Å². The van der Waals surface area contributed by atoms with E-state index in [1.54, 1.807) is 0 Å². The maximum atomic E-state index is 5.85. The van der Waals surface area contributed by atoms with Crippen LogP contribution in [0, 0.1) is 0 Å². The van der Waals surface area contributed by atoms with Gasteiger partial charge in [-0.2, -0.15) is 0 Å². The Morgan fingerprint density at radius 1 is 1.15 bits per heavy atom. The first kappa shape index (κ1) is 14.5. The van der Waals surface area contributed by atoms with Gasteiger partial charge in [0.1, 0.15) is 6.10 Å². The Labute approximate surface area is 121 Å². The minimum Gasteiger partial charge on any atom is -0.470 e. The van der Waals surface area contributed by atoms with Gasteiger partial charge in [-0.15, -0.1) is 0 Å². The molecule has 3 heteroatoms. The van der Waals surface area contributed by atoms with Crippen LogP contribution >= 0.6 is 0 Å². The van der Waals surface area contributed by atoms with E-state index >= 15 is 0 Å². The Morgan fingerprint density at radius 2 is 1.95 bits per heavy atom. The molecule has 0 aliphatic carbocycles. The highest BCUT2D eigenvalue weighted by Gasteiger charge is 2.07. The van der Waals surface area contributed by atoms with E-state index < -0.39 is 0 Å². The lowest BCUT2D eigenvalue weighted by molar-refractivity contribution is 0.217. The van der Waals surface area contributed by atoms with Crippen molar-refractivity contribution in [1.29, 1.82) is 0 Å². The molecular formula is C17H22N2O. The third-order valence-corrected chi connectivity index (χ3v) is 3.12. The van der Waals surface area contributed by atoms with Crippen LogP contribution in [0.4, 0.5) is 0 Å². The SMILES string of the molecule is CCCNCc1ccc(OC(C)c2ccccc2)nc1. The number of hydrogen-bond acceptors (Lipinski definition) is 3. The number of nitrogens with zero attached hydrogens (tertiary/aromatic N) is 1. The van der Waals surface area contributed by atoms with Crippen LogP contribution in [0.2, 0.25) is 0 Å². The van der Waals surface area contributed by atoms with Crippen molar-refractivity contribution in [3.05, 3.63) is 59.8 Å². The van der Waals surface area contributed by atoms with E-state index in [0.29, 0.717) is 5.88 Å². The van der Waals surface area contributed by atoms with Gasteiger partial charge in [-0.05, 0) is 31.0 Å². The topological polar surface area (TPSA) is 34.1 Å². The molecule has 0 fully saturated rings. The molecule has 3 nitrogen and oxygen atoms in total. The highest BCUT2D eigenvalue weighted by atomic mass is 16.5. The van der Waals surface area contributed by atoms with Gasteiger partial charge in [-0.3, -0.25) is 0 Å². The number of ether oxygens (including phenoxy) is 1. The second-order valence-electron chi connectivity index (χ2n) is 4.85. The van der Waals surface area contributed by atoms with Crippen molar-refractivity contribution in [1.82, 2.24) is 10.3 Å². The second kappa shape index (κ2) is 7.65. The van der Waals surface area contributed by atoms with Gasteiger partial charge in [-0.1, -0.05) is 43.3 Å². The van der Waals surface area contributed by atoms with E-state index in [-0.39, 0.29) is 6.10 Å². The first-order valence-corrected chi connectivity index (χ1v) is 7.17. The third kappa shape index (κ3) is 4.35. The summed E-state index contributed by atoms with van der Waals surface area (Å²) in [6.45, 7) is 6.08. The molecule has 1 aromatic carbocycles. The van der Waals surface area contributed by atoms with Crippen molar-refractivity contribution in [2.75, 3.05) is 6.54 Å². The van der Waals surface area contributed by atoms with Crippen LogP contribution in [0.3, 0.4) is 0 Å². The highest BCUT2D eigenvalue weighted by Crippen LogP contribution is 2.19. The molecule has 0 saturated carbocycles. The van der Waals surface area contributed by atoms with E-state index in [1.807, 2.05) is 37.4 Å². The minimum absolute atomic E-state index is 0.00719. The van der Waals surface area contributed by atoms with Crippen LogP contribution in [-0.4, -0.2) is 11.5 Å². The summed E-state index contributed by atoms with van der Waals surface area (Å²) in [5.41, 5.74) is 2.33. The molecule has 0 amide bonds. The summed E-state index contributed by atoms with van der Waals surface area (Å²) in [5, 5.41) is 3.36. The van der Waals surface area contributed by atoms with Crippen molar-refractivity contribution < 1.29 is 4.74 Å². The predicted octanol–water partition coefficient (Wildman–Crippen LogP) is 3.72. The maximum Gasteiger partial charge on any atom is 0.213 e. The van der Waals surface area contributed by atoms with Gasteiger partial charge >= 0.3 is 0 Å². The normalized spacial score (nSPS) is 12.1. The van der Waals surface area contributed by atoms with Gasteiger partial charge in [0.05, 0.1) is 0 Å². The number of hydrogen-bond donors (Lipinski definition) is 1. The zero-order valence-electron chi connectivity index (χ0n) is 12.2. The fourth-order valence-corrected chi connectivity index (χ4v) is 1.97. The summed E-state index contributed by atoms with van der Waals surface area (Å²) in [6.07, 6.45) is 3.02. The summed E-state index contributed by atoms with van der Waals surface area (Å²) in [6, 6.07) is 14.2. The van der Waals surface area contributed by atoms with Gasteiger partial charge in [-0.25, -0.2) is 4.98 Å². The molecule has 0 bridgehead atoms. The number of pyridine rings is 1. The molecule has 1 atom stereocenters. The average molecular weight is 270 g/mol. The lowest BCUT2D eigenvalue weighted by Gasteiger charge is -2.14. The molecule has 0 radical (unpaired) electrons. The fraction of sp³-hybridized carbons (Fsp3) is 0.353. The van der Waals surface area contributed by atoms with Gasteiger partial charge in [0.15, 0.2) is 0 Å². The molecule has 1 aromatic heterocycles. The van der Waals surface area contributed by atoms with E-state index in [1.165, 1.54) is 5.56 Å². The zero-order chi connectivity index (χ0) is 14.2. The molecular weight excluding hydrogens is 248 g/mol.